The number of hydrogen-bond donors (Lipinski definition) is 0. The number of amides is 1. The van der Waals surface area contributed by atoms with Crippen molar-refractivity contribution in [2.24, 2.45) is 0 Å². The number of aryl methyl sites for hydroxylation is 2. The normalized spacial score (nSPS) is 15.3. The Balaban J connectivity index is 1.38. The van der Waals surface area contributed by atoms with Crippen LogP contribution in [0.5, 0.6) is 5.19 Å². The van der Waals surface area contributed by atoms with E-state index in [9.17, 15) is 9.18 Å². The van der Waals surface area contributed by atoms with Crippen molar-refractivity contribution in [1.29, 1.82) is 0 Å². The summed E-state index contributed by atoms with van der Waals surface area (Å²) >= 11 is 1.36. The van der Waals surface area contributed by atoms with Crippen LogP contribution in [0.3, 0.4) is 0 Å². The lowest BCUT2D eigenvalue weighted by atomic mass is 10.0. The Morgan fingerprint density at radius 1 is 1.19 bits per heavy atom. The van der Waals surface area contributed by atoms with Crippen LogP contribution in [0.25, 0.3) is 10.2 Å². The van der Waals surface area contributed by atoms with Crippen LogP contribution in [-0.4, -0.2) is 35.0 Å². The molecule has 6 heteroatoms. The highest BCUT2D eigenvalue weighted by molar-refractivity contribution is 7.20. The first-order valence-electron chi connectivity index (χ1n) is 9.09. The summed E-state index contributed by atoms with van der Waals surface area (Å²) in [7, 11) is 0. The molecule has 0 aliphatic carbocycles. The molecule has 2 aromatic carbocycles. The molecule has 0 N–H and O–H groups in total. The van der Waals surface area contributed by atoms with Crippen LogP contribution in [0.1, 0.15) is 34.3 Å². The molecule has 1 saturated heterocycles. The number of nitrogens with zero attached hydrogens (tertiary/aromatic N) is 2. The third kappa shape index (κ3) is 3.67. The van der Waals surface area contributed by atoms with Gasteiger partial charge in [-0.3, -0.25) is 4.79 Å². The summed E-state index contributed by atoms with van der Waals surface area (Å²) < 4.78 is 20.5. The summed E-state index contributed by atoms with van der Waals surface area (Å²) in [5.74, 6) is -0.258. The smallest absolute Gasteiger partial charge is 0.274 e. The third-order valence-electron chi connectivity index (χ3n) is 5.10. The summed E-state index contributed by atoms with van der Waals surface area (Å²) in [4.78, 5) is 18.9. The molecule has 4 nitrogen and oxygen atoms in total. The van der Waals surface area contributed by atoms with Crippen molar-refractivity contribution in [2.45, 2.75) is 32.8 Å². The maximum Gasteiger partial charge on any atom is 0.274 e. The number of thiazole rings is 1. The van der Waals surface area contributed by atoms with Gasteiger partial charge in [-0.15, -0.1) is 0 Å². The molecule has 2 heterocycles. The minimum atomic E-state index is -0.326. The molecule has 0 saturated carbocycles. The number of likely N-dealkylation sites (tertiary alicyclic amines) is 1. The molecule has 3 aromatic rings. The first kappa shape index (κ1) is 17.9. The maximum atomic E-state index is 13.8. The minimum Gasteiger partial charge on any atom is -0.467 e. The predicted molar refractivity (Wildman–Crippen MR) is 105 cm³/mol. The minimum absolute atomic E-state index is 0.00238. The van der Waals surface area contributed by atoms with Gasteiger partial charge in [-0.1, -0.05) is 23.5 Å². The fourth-order valence-corrected chi connectivity index (χ4v) is 4.22. The monoisotopic (exact) mass is 384 g/mol. The van der Waals surface area contributed by atoms with E-state index in [1.807, 2.05) is 43.0 Å². The summed E-state index contributed by atoms with van der Waals surface area (Å²) in [6.45, 7) is 5.36. The number of para-hydroxylation sites is 1. The summed E-state index contributed by atoms with van der Waals surface area (Å²) in [6.07, 6.45) is 1.49. The molecule has 0 spiro atoms. The van der Waals surface area contributed by atoms with Gasteiger partial charge in [0.25, 0.3) is 11.1 Å². The van der Waals surface area contributed by atoms with E-state index >= 15 is 0 Å². The number of fused-ring (bicyclic) bond motifs is 1. The van der Waals surface area contributed by atoms with Crippen LogP contribution in [-0.2, 0) is 0 Å². The number of halogens is 1. The number of ether oxygens (including phenoxy) is 1. The Morgan fingerprint density at radius 2 is 1.96 bits per heavy atom. The Kier molecular flexibility index (Phi) is 4.83. The van der Waals surface area contributed by atoms with Gasteiger partial charge in [0, 0.05) is 31.5 Å². The van der Waals surface area contributed by atoms with Crippen molar-refractivity contribution >= 4 is 27.5 Å². The number of hydrogen-bond acceptors (Lipinski definition) is 4. The Hall–Kier alpha value is -2.47. The average Bonchev–Trinajstić information content (AvgIpc) is 3.08. The van der Waals surface area contributed by atoms with E-state index in [0.29, 0.717) is 23.8 Å². The molecule has 1 aliphatic heterocycles. The van der Waals surface area contributed by atoms with Crippen molar-refractivity contribution in [3.63, 3.8) is 0 Å². The standard InChI is InChI=1S/C21H21FN2O2S/c1-13-6-7-15(12-14(13)2)20(25)24-10-8-16(9-11-24)26-21-23-19-17(22)4-3-5-18(19)27-21/h3-7,12,16H,8-11H2,1-2H3. The topological polar surface area (TPSA) is 42.4 Å². The number of carbonyl (C=O) groups excluding carboxylic acids is 1. The van der Waals surface area contributed by atoms with E-state index in [-0.39, 0.29) is 17.8 Å². The Bertz CT molecular complexity index is 993. The van der Waals surface area contributed by atoms with E-state index in [1.165, 1.54) is 23.0 Å². The average molecular weight is 384 g/mol. The van der Waals surface area contributed by atoms with Crippen molar-refractivity contribution in [3.05, 3.63) is 58.9 Å². The first-order valence-corrected chi connectivity index (χ1v) is 9.91. The molecule has 1 aromatic heterocycles. The predicted octanol–water partition coefficient (Wildman–Crippen LogP) is 4.74. The third-order valence-corrected chi connectivity index (χ3v) is 6.01. The zero-order valence-electron chi connectivity index (χ0n) is 15.4. The fraction of sp³-hybridized carbons (Fsp3) is 0.333. The second-order valence-electron chi connectivity index (χ2n) is 6.97. The van der Waals surface area contributed by atoms with E-state index in [1.54, 1.807) is 6.07 Å². The molecule has 0 radical (unpaired) electrons. The zero-order chi connectivity index (χ0) is 19.0. The first-order chi connectivity index (χ1) is 13.0. The molecular formula is C21H21FN2O2S. The SMILES string of the molecule is Cc1ccc(C(=O)N2CCC(Oc3nc4c(F)cccc4s3)CC2)cc1C. The van der Waals surface area contributed by atoms with Crippen LogP contribution in [0, 0.1) is 19.7 Å². The number of piperidine rings is 1. The van der Waals surface area contributed by atoms with Gasteiger partial charge in [0.1, 0.15) is 17.4 Å². The fourth-order valence-electron chi connectivity index (χ4n) is 3.32. The summed E-state index contributed by atoms with van der Waals surface area (Å²) in [5.41, 5.74) is 3.41. The van der Waals surface area contributed by atoms with Crippen LogP contribution in [0.15, 0.2) is 36.4 Å². The van der Waals surface area contributed by atoms with Gasteiger partial charge in [-0.25, -0.2) is 4.39 Å². The van der Waals surface area contributed by atoms with Crippen molar-refractivity contribution < 1.29 is 13.9 Å². The molecule has 4 rings (SSSR count). The Morgan fingerprint density at radius 3 is 2.67 bits per heavy atom. The molecule has 0 bridgehead atoms. The zero-order valence-corrected chi connectivity index (χ0v) is 16.2. The van der Waals surface area contributed by atoms with Crippen LogP contribution in [0.2, 0.25) is 0 Å². The molecule has 1 aliphatic rings. The molecule has 0 unspecified atom stereocenters. The maximum absolute atomic E-state index is 13.8. The summed E-state index contributed by atoms with van der Waals surface area (Å²) in [5, 5.41) is 0.494. The van der Waals surface area contributed by atoms with Crippen LogP contribution >= 0.6 is 11.3 Å². The summed E-state index contributed by atoms with van der Waals surface area (Å²) in [6, 6.07) is 10.8. The highest BCUT2D eigenvalue weighted by atomic mass is 32.1. The van der Waals surface area contributed by atoms with Gasteiger partial charge < -0.3 is 9.64 Å². The van der Waals surface area contributed by atoms with Crippen molar-refractivity contribution in [3.8, 4) is 5.19 Å². The lowest BCUT2D eigenvalue weighted by molar-refractivity contribution is 0.0595. The van der Waals surface area contributed by atoms with Crippen LogP contribution in [0.4, 0.5) is 4.39 Å². The van der Waals surface area contributed by atoms with Gasteiger partial charge in [-0.2, -0.15) is 4.98 Å². The van der Waals surface area contributed by atoms with Crippen molar-refractivity contribution in [1.82, 2.24) is 9.88 Å². The van der Waals surface area contributed by atoms with Gasteiger partial charge in [0.2, 0.25) is 0 Å². The lowest BCUT2D eigenvalue weighted by Crippen LogP contribution is -2.41. The molecule has 0 atom stereocenters. The second kappa shape index (κ2) is 7.27. The largest absolute Gasteiger partial charge is 0.467 e. The number of aromatic nitrogens is 1. The molecule has 1 fully saturated rings. The van der Waals surface area contributed by atoms with Gasteiger partial charge in [0.05, 0.1) is 4.70 Å². The van der Waals surface area contributed by atoms with E-state index < -0.39 is 0 Å². The van der Waals surface area contributed by atoms with Crippen LogP contribution < -0.4 is 4.74 Å². The van der Waals surface area contributed by atoms with E-state index in [0.717, 1.165) is 28.7 Å². The molecule has 1 amide bonds. The molecular weight excluding hydrogens is 363 g/mol. The Labute approximate surface area is 161 Å². The quantitative estimate of drug-likeness (QED) is 0.655. The second-order valence-corrected chi connectivity index (χ2v) is 7.97. The lowest BCUT2D eigenvalue weighted by Gasteiger charge is -2.31. The van der Waals surface area contributed by atoms with Gasteiger partial charge in [0.15, 0.2) is 0 Å². The number of benzene rings is 2. The number of rotatable bonds is 3. The van der Waals surface area contributed by atoms with Gasteiger partial charge in [-0.05, 0) is 49.2 Å². The van der Waals surface area contributed by atoms with E-state index in [2.05, 4.69) is 4.98 Å². The molecule has 27 heavy (non-hydrogen) atoms. The highest BCUT2D eigenvalue weighted by Gasteiger charge is 2.25. The molecule has 140 valence electrons. The van der Waals surface area contributed by atoms with Crippen molar-refractivity contribution in [2.75, 3.05) is 13.1 Å². The highest BCUT2D eigenvalue weighted by Crippen LogP contribution is 2.31. The van der Waals surface area contributed by atoms with Gasteiger partial charge >= 0.3 is 0 Å². The number of carbonyl (C=O) groups is 1. The van der Waals surface area contributed by atoms with E-state index in [4.69, 9.17) is 4.74 Å².